The molecule has 32 heavy (non-hydrogen) atoms. The van der Waals surface area contributed by atoms with Crippen molar-refractivity contribution in [2.24, 2.45) is 4.36 Å². The van der Waals surface area contributed by atoms with E-state index in [9.17, 15) is 17.8 Å². The van der Waals surface area contributed by atoms with Gasteiger partial charge in [-0.05, 0) is 62.4 Å². The molecule has 2 aliphatic carbocycles. The first-order valence-corrected chi connectivity index (χ1v) is 12.1. The number of hydrogen-bond acceptors (Lipinski definition) is 4. The van der Waals surface area contributed by atoms with Crippen LogP contribution < -0.4 is 14.8 Å². The minimum Gasteiger partial charge on any atom is -0.474 e. The molecule has 8 nitrogen and oxygen atoms in total. The molecule has 1 aromatic carbocycles. The van der Waals surface area contributed by atoms with Crippen LogP contribution in [0.3, 0.4) is 0 Å². The van der Waals surface area contributed by atoms with E-state index in [-0.39, 0.29) is 23.6 Å². The standard InChI is InChI=1S/C21H25F2N5O3S/c1-21(2)10-31-19-16(9-25-28(19)21)32(30,24-3)27-20(29)26-18-13-6-4-5-12(13)17(23)14-7-11(22)8-15(14)18/h9,11H,4-8,10H2,1-3H3,(H2,24,26,27,29,30)/t11-,32-/m0/s1. The minimum absolute atomic E-state index is 0.00259. The van der Waals surface area contributed by atoms with Gasteiger partial charge in [0.25, 0.3) is 0 Å². The number of carbonyl (C=O) groups is 1. The monoisotopic (exact) mass is 465 g/mol. The predicted molar refractivity (Wildman–Crippen MR) is 115 cm³/mol. The lowest BCUT2D eigenvalue weighted by Gasteiger charge is -2.16. The van der Waals surface area contributed by atoms with Crippen LogP contribution in [0.4, 0.5) is 19.3 Å². The molecule has 172 valence electrons. The van der Waals surface area contributed by atoms with Crippen LogP contribution >= 0.6 is 0 Å². The van der Waals surface area contributed by atoms with E-state index in [1.54, 1.807) is 4.68 Å². The van der Waals surface area contributed by atoms with Crippen LogP contribution in [0.5, 0.6) is 5.88 Å². The predicted octanol–water partition coefficient (Wildman–Crippen LogP) is 3.27. The summed E-state index contributed by atoms with van der Waals surface area (Å²) in [4.78, 5) is 13.1. The fraction of sp³-hybridized carbons (Fsp3) is 0.524. The molecule has 1 aliphatic heterocycles. The van der Waals surface area contributed by atoms with Crippen LogP contribution in [0.25, 0.3) is 0 Å². The molecule has 0 saturated heterocycles. The van der Waals surface area contributed by atoms with Crippen molar-refractivity contribution in [1.82, 2.24) is 14.5 Å². The molecule has 2 N–H and O–H groups in total. The quantitative estimate of drug-likeness (QED) is 0.727. The molecule has 5 rings (SSSR count). The summed E-state index contributed by atoms with van der Waals surface area (Å²) in [6.45, 7) is 4.21. The number of nitrogens with one attached hydrogen (secondary N) is 2. The summed E-state index contributed by atoms with van der Waals surface area (Å²) in [5.41, 5.74) is 2.03. The van der Waals surface area contributed by atoms with Crippen LogP contribution in [0, 0.1) is 5.82 Å². The molecular formula is C21H25F2N5O3S. The average molecular weight is 466 g/mol. The number of anilines is 1. The van der Waals surface area contributed by atoms with Gasteiger partial charge in [0, 0.05) is 18.5 Å². The molecule has 11 heteroatoms. The number of benzene rings is 1. The summed E-state index contributed by atoms with van der Waals surface area (Å²) in [6.07, 6.45) is 2.13. The molecule has 0 spiro atoms. The third-order valence-corrected chi connectivity index (χ3v) is 8.27. The van der Waals surface area contributed by atoms with E-state index < -0.39 is 27.7 Å². The fourth-order valence-corrected chi connectivity index (χ4v) is 6.11. The van der Waals surface area contributed by atoms with Crippen molar-refractivity contribution < 1.29 is 22.5 Å². The number of hydrogen-bond donors (Lipinski definition) is 2. The number of ether oxygens (including phenoxy) is 1. The van der Waals surface area contributed by atoms with Gasteiger partial charge >= 0.3 is 6.03 Å². The van der Waals surface area contributed by atoms with Crippen LogP contribution in [0.1, 0.15) is 42.5 Å². The number of urea groups is 1. The smallest absolute Gasteiger partial charge is 0.354 e. The summed E-state index contributed by atoms with van der Waals surface area (Å²) >= 11 is 0. The van der Waals surface area contributed by atoms with E-state index in [1.807, 2.05) is 13.8 Å². The zero-order chi connectivity index (χ0) is 22.8. The first-order chi connectivity index (χ1) is 15.1. The zero-order valence-corrected chi connectivity index (χ0v) is 18.9. The number of carbonyl (C=O) groups excluding carboxylic acids is 1. The lowest BCUT2D eigenvalue weighted by molar-refractivity contribution is 0.259. The maximum absolute atomic E-state index is 14.9. The summed E-state index contributed by atoms with van der Waals surface area (Å²) in [6, 6.07) is -0.855. The second-order valence-corrected chi connectivity index (χ2v) is 11.1. The average Bonchev–Trinajstić information content (AvgIpc) is 3.50. The number of alkyl halides is 1. The Hall–Kier alpha value is -2.53. The molecule has 3 aliphatic rings. The molecule has 2 heterocycles. The summed E-state index contributed by atoms with van der Waals surface area (Å²) in [5, 5.41) is 6.97. The molecule has 0 bridgehead atoms. The Kier molecular flexibility index (Phi) is 4.82. The summed E-state index contributed by atoms with van der Waals surface area (Å²) in [7, 11) is -1.96. The molecule has 0 saturated carbocycles. The van der Waals surface area contributed by atoms with Gasteiger partial charge in [0.2, 0.25) is 5.88 Å². The van der Waals surface area contributed by atoms with Gasteiger partial charge in [0.1, 0.15) is 23.5 Å². The molecule has 0 radical (unpaired) electrons. The highest BCUT2D eigenvalue weighted by Crippen LogP contribution is 2.42. The van der Waals surface area contributed by atoms with E-state index in [1.165, 1.54) is 13.2 Å². The van der Waals surface area contributed by atoms with E-state index >= 15 is 0 Å². The maximum atomic E-state index is 14.9. The topological polar surface area (TPSA) is 97.6 Å². The second kappa shape index (κ2) is 7.24. The summed E-state index contributed by atoms with van der Waals surface area (Å²) in [5.74, 6) is -0.0495. The van der Waals surface area contributed by atoms with Crippen molar-refractivity contribution in [3.05, 3.63) is 34.3 Å². The van der Waals surface area contributed by atoms with Gasteiger partial charge in [-0.3, -0.25) is 0 Å². The number of aromatic nitrogens is 2. The Morgan fingerprint density at radius 3 is 2.75 bits per heavy atom. The number of amides is 2. The van der Waals surface area contributed by atoms with Gasteiger partial charge in [0.15, 0.2) is 9.92 Å². The lowest BCUT2D eigenvalue weighted by Crippen LogP contribution is -2.26. The van der Waals surface area contributed by atoms with Crippen molar-refractivity contribution in [2.45, 2.75) is 62.6 Å². The Balaban J connectivity index is 1.54. The highest BCUT2D eigenvalue weighted by Gasteiger charge is 2.38. The van der Waals surface area contributed by atoms with Crippen molar-refractivity contribution in [3.63, 3.8) is 0 Å². The Morgan fingerprint density at radius 2 is 2.00 bits per heavy atom. The van der Waals surface area contributed by atoms with Gasteiger partial charge in [-0.2, -0.15) is 5.10 Å². The highest BCUT2D eigenvalue weighted by molar-refractivity contribution is 7.92. The fourth-order valence-electron chi connectivity index (χ4n) is 4.85. The van der Waals surface area contributed by atoms with Crippen LogP contribution in [0.2, 0.25) is 0 Å². The molecule has 0 unspecified atom stereocenters. The number of nitrogens with zero attached hydrogens (tertiary/aromatic N) is 3. The van der Waals surface area contributed by atoms with Crippen LogP contribution in [-0.2, 0) is 41.1 Å². The van der Waals surface area contributed by atoms with Crippen molar-refractivity contribution >= 4 is 21.6 Å². The molecule has 0 fully saturated rings. The number of rotatable bonds is 3. The van der Waals surface area contributed by atoms with E-state index in [0.717, 1.165) is 6.42 Å². The van der Waals surface area contributed by atoms with Gasteiger partial charge in [-0.1, -0.05) is 0 Å². The highest BCUT2D eigenvalue weighted by atomic mass is 32.2. The SMILES string of the molecule is CN[S@](=O)(=NC(=O)Nc1c2c(c(F)c3c1C[C@@H](F)C3)CCC2)c1cnn2c1OCC2(C)C. The maximum Gasteiger partial charge on any atom is 0.354 e. The largest absolute Gasteiger partial charge is 0.474 e. The molecule has 2 atom stereocenters. The Bertz CT molecular complexity index is 1260. The van der Waals surface area contributed by atoms with Crippen molar-refractivity contribution in [3.8, 4) is 5.88 Å². The lowest BCUT2D eigenvalue weighted by atomic mass is 9.98. The van der Waals surface area contributed by atoms with Gasteiger partial charge < -0.3 is 10.1 Å². The molecule has 1 aromatic heterocycles. The van der Waals surface area contributed by atoms with Gasteiger partial charge in [-0.25, -0.2) is 27.2 Å². The normalized spacial score (nSPS) is 22.0. The van der Waals surface area contributed by atoms with E-state index in [4.69, 9.17) is 4.74 Å². The number of halogens is 2. The Morgan fingerprint density at radius 1 is 1.28 bits per heavy atom. The minimum atomic E-state index is -3.40. The first-order valence-electron chi connectivity index (χ1n) is 10.6. The van der Waals surface area contributed by atoms with E-state index in [0.29, 0.717) is 53.3 Å². The zero-order valence-electron chi connectivity index (χ0n) is 18.1. The van der Waals surface area contributed by atoms with Crippen molar-refractivity contribution in [2.75, 3.05) is 19.0 Å². The van der Waals surface area contributed by atoms with Gasteiger partial charge in [0.05, 0.1) is 11.7 Å². The van der Waals surface area contributed by atoms with Crippen LogP contribution in [-0.4, -0.2) is 39.8 Å². The molecule has 2 aromatic rings. The number of fused-ring (bicyclic) bond motifs is 3. The molecule has 2 amide bonds. The van der Waals surface area contributed by atoms with Crippen LogP contribution in [0.15, 0.2) is 15.5 Å². The molecular weight excluding hydrogens is 440 g/mol. The van der Waals surface area contributed by atoms with Gasteiger partial charge in [-0.15, -0.1) is 4.36 Å². The Labute approximate surface area is 185 Å². The van der Waals surface area contributed by atoms with E-state index in [2.05, 4.69) is 19.5 Å². The third kappa shape index (κ3) is 3.13. The van der Waals surface area contributed by atoms with Crippen molar-refractivity contribution in [1.29, 1.82) is 0 Å². The second-order valence-electron chi connectivity index (χ2n) is 9.04. The first kappa shape index (κ1) is 21.3. The summed E-state index contributed by atoms with van der Waals surface area (Å²) < 4.78 is 56.4. The third-order valence-electron chi connectivity index (χ3n) is 6.41.